The van der Waals surface area contributed by atoms with Crippen LogP contribution in [0, 0.1) is 13.8 Å². The van der Waals surface area contributed by atoms with Gasteiger partial charge in [-0.05, 0) is 73.5 Å². The highest BCUT2D eigenvalue weighted by atomic mass is 35.5. The fourth-order valence-electron chi connectivity index (χ4n) is 2.05. The summed E-state index contributed by atoms with van der Waals surface area (Å²) < 4.78 is 0. The molecule has 26 heavy (non-hydrogen) atoms. The molecule has 0 saturated carbocycles. The van der Waals surface area contributed by atoms with E-state index in [4.69, 9.17) is 22.4 Å². The van der Waals surface area contributed by atoms with Crippen LogP contribution in [0.25, 0.3) is 0 Å². The van der Waals surface area contributed by atoms with Crippen molar-refractivity contribution in [2.45, 2.75) is 13.8 Å². The van der Waals surface area contributed by atoms with Crippen molar-refractivity contribution >= 4 is 28.7 Å². The predicted octanol–water partition coefficient (Wildman–Crippen LogP) is 6.05. The molecular weight excluding hydrogens is 350 g/mol. The summed E-state index contributed by atoms with van der Waals surface area (Å²) in [6.07, 6.45) is 0. The summed E-state index contributed by atoms with van der Waals surface area (Å²) in [7, 11) is 0. The van der Waals surface area contributed by atoms with Gasteiger partial charge in [0.25, 0.3) is 0 Å². The van der Waals surface area contributed by atoms with Gasteiger partial charge in [-0.3, -0.25) is 0 Å². The van der Waals surface area contributed by atoms with Crippen molar-refractivity contribution in [1.82, 2.24) is 0 Å². The number of halogens is 1. The lowest BCUT2D eigenvalue weighted by atomic mass is 10.2. The fourth-order valence-corrected chi connectivity index (χ4v) is 2.27. The lowest BCUT2D eigenvalue weighted by Crippen LogP contribution is -1.82. The van der Waals surface area contributed by atoms with Gasteiger partial charge in [-0.1, -0.05) is 23.7 Å². The average molecular weight is 370 g/mol. The molecule has 3 aromatic carbocycles. The second-order valence-electron chi connectivity index (χ2n) is 5.72. The third kappa shape index (κ3) is 5.79. The molecule has 0 heterocycles. The average Bonchev–Trinajstić information content (AvgIpc) is 2.57. The highest BCUT2D eigenvalue weighted by molar-refractivity contribution is 6.33. The number of hydrogen-bond donors (Lipinski definition) is 3. The number of azo groups is 1. The van der Waals surface area contributed by atoms with Gasteiger partial charge in [0.15, 0.2) is 0 Å². The normalized spacial score (nSPS) is 10.4. The van der Waals surface area contributed by atoms with Gasteiger partial charge in [-0.25, -0.2) is 0 Å². The van der Waals surface area contributed by atoms with E-state index in [1.165, 1.54) is 0 Å². The predicted molar refractivity (Wildman–Crippen MR) is 106 cm³/mol. The number of nitrogen functional groups attached to an aromatic ring is 1. The molecule has 0 amide bonds. The molecule has 0 spiro atoms. The number of phenolic OH excluding ortho intramolecular Hbond substituents is 2. The second-order valence-corrected chi connectivity index (χ2v) is 6.13. The number of aryl methyl sites for hydroxylation is 2. The van der Waals surface area contributed by atoms with Crippen LogP contribution < -0.4 is 5.73 Å². The van der Waals surface area contributed by atoms with Gasteiger partial charge in [-0.2, -0.15) is 5.11 Å². The summed E-state index contributed by atoms with van der Waals surface area (Å²) in [5, 5.41) is 26.8. The van der Waals surface area contributed by atoms with Gasteiger partial charge < -0.3 is 15.9 Å². The number of nitrogens with two attached hydrogens (primary N) is 1. The molecule has 0 aliphatic heterocycles. The van der Waals surface area contributed by atoms with Crippen LogP contribution in [0.15, 0.2) is 70.9 Å². The van der Waals surface area contributed by atoms with E-state index in [0.29, 0.717) is 27.8 Å². The minimum atomic E-state index is 0.236. The van der Waals surface area contributed by atoms with Crippen LogP contribution in [0.1, 0.15) is 11.1 Å². The Morgan fingerprint density at radius 2 is 1.65 bits per heavy atom. The summed E-state index contributed by atoms with van der Waals surface area (Å²) in [4.78, 5) is 0. The number of phenols is 2. The lowest BCUT2D eigenvalue weighted by molar-refractivity contribution is 0.471. The molecule has 3 rings (SSSR count). The van der Waals surface area contributed by atoms with Crippen molar-refractivity contribution in [3.05, 3.63) is 76.8 Å². The molecule has 5 nitrogen and oxygen atoms in total. The van der Waals surface area contributed by atoms with Gasteiger partial charge in [0, 0.05) is 5.69 Å². The summed E-state index contributed by atoms with van der Waals surface area (Å²) in [5.41, 5.74) is 9.21. The Hall–Kier alpha value is -3.05. The van der Waals surface area contributed by atoms with E-state index in [-0.39, 0.29) is 5.75 Å². The van der Waals surface area contributed by atoms with Crippen LogP contribution in [0.5, 0.6) is 11.5 Å². The summed E-state index contributed by atoms with van der Waals surface area (Å²) in [5.74, 6) is 0.574. The second kappa shape index (κ2) is 8.87. The topological polar surface area (TPSA) is 91.2 Å². The van der Waals surface area contributed by atoms with Crippen molar-refractivity contribution in [3.63, 3.8) is 0 Å². The van der Waals surface area contributed by atoms with Crippen LogP contribution >= 0.6 is 11.6 Å². The Bertz CT molecular complexity index is 909. The fraction of sp³-hybridized carbons (Fsp3) is 0.100. The van der Waals surface area contributed by atoms with Gasteiger partial charge >= 0.3 is 0 Å². The molecule has 6 heteroatoms. The molecule has 0 bridgehead atoms. The van der Waals surface area contributed by atoms with E-state index in [1.54, 1.807) is 55.5 Å². The first-order chi connectivity index (χ1) is 12.3. The SMILES string of the molecule is Cc1cc(/N=N/c2ccc(N)cc2Cl)ccc1O.Cc1cccc(O)c1. The molecule has 0 saturated heterocycles. The molecular formula is C20H20ClN3O2. The van der Waals surface area contributed by atoms with Gasteiger partial charge in [0.1, 0.15) is 17.2 Å². The van der Waals surface area contributed by atoms with E-state index in [0.717, 1.165) is 11.1 Å². The zero-order chi connectivity index (χ0) is 19.1. The first-order valence-electron chi connectivity index (χ1n) is 7.87. The Labute approximate surface area is 157 Å². The molecule has 0 atom stereocenters. The molecule has 4 N–H and O–H groups in total. The monoisotopic (exact) mass is 369 g/mol. The first kappa shape index (κ1) is 19.3. The number of aromatic hydroxyl groups is 2. The van der Waals surface area contributed by atoms with Crippen molar-refractivity contribution < 1.29 is 10.2 Å². The molecule has 0 fully saturated rings. The number of benzene rings is 3. The van der Waals surface area contributed by atoms with Crippen LogP contribution in [-0.2, 0) is 0 Å². The zero-order valence-electron chi connectivity index (χ0n) is 14.5. The number of nitrogens with zero attached hydrogens (tertiary/aromatic N) is 2. The van der Waals surface area contributed by atoms with Crippen LogP contribution in [0.2, 0.25) is 5.02 Å². The van der Waals surface area contributed by atoms with Crippen molar-refractivity contribution in [3.8, 4) is 11.5 Å². The quantitative estimate of drug-likeness (QED) is 0.379. The smallest absolute Gasteiger partial charge is 0.118 e. The molecule has 134 valence electrons. The van der Waals surface area contributed by atoms with Gasteiger partial charge in [0.05, 0.1) is 10.7 Å². The Kier molecular flexibility index (Phi) is 6.58. The summed E-state index contributed by atoms with van der Waals surface area (Å²) in [6.45, 7) is 3.74. The largest absolute Gasteiger partial charge is 0.508 e. The third-order valence-electron chi connectivity index (χ3n) is 3.43. The van der Waals surface area contributed by atoms with Crippen LogP contribution in [0.3, 0.4) is 0 Å². The third-order valence-corrected chi connectivity index (χ3v) is 3.73. The molecule has 3 aromatic rings. The van der Waals surface area contributed by atoms with Gasteiger partial charge in [0.2, 0.25) is 0 Å². The van der Waals surface area contributed by atoms with E-state index >= 15 is 0 Å². The lowest BCUT2D eigenvalue weighted by Gasteiger charge is -2.00. The standard InChI is InChI=1S/C13H12ClN3O.C7H8O/c1-8-6-10(3-5-13(8)18)16-17-12-4-2-9(15)7-11(12)14;1-6-3-2-4-7(8)5-6/h2-7,18H,15H2,1H3;2-5,8H,1H3/b17-16+;. The van der Waals surface area contributed by atoms with E-state index in [9.17, 15) is 5.11 Å². The zero-order valence-corrected chi connectivity index (χ0v) is 15.3. The molecule has 0 aromatic heterocycles. The summed E-state index contributed by atoms with van der Waals surface area (Å²) >= 11 is 5.98. The first-order valence-corrected chi connectivity index (χ1v) is 8.25. The van der Waals surface area contributed by atoms with Crippen molar-refractivity contribution in [2.24, 2.45) is 10.2 Å². The maximum atomic E-state index is 9.40. The Balaban J connectivity index is 0.000000254. The maximum absolute atomic E-state index is 9.40. The highest BCUT2D eigenvalue weighted by Gasteiger charge is 2.00. The molecule has 0 aliphatic rings. The van der Waals surface area contributed by atoms with E-state index < -0.39 is 0 Å². The van der Waals surface area contributed by atoms with Crippen LogP contribution in [-0.4, -0.2) is 10.2 Å². The number of rotatable bonds is 2. The maximum Gasteiger partial charge on any atom is 0.118 e. The molecule has 0 aliphatic carbocycles. The van der Waals surface area contributed by atoms with Gasteiger partial charge in [-0.15, -0.1) is 5.11 Å². The Morgan fingerprint density at radius 1 is 0.885 bits per heavy atom. The van der Waals surface area contributed by atoms with Crippen molar-refractivity contribution in [2.75, 3.05) is 5.73 Å². The number of hydrogen-bond acceptors (Lipinski definition) is 5. The number of anilines is 1. The minimum Gasteiger partial charge on any atom is -0.508 e. The highest BCUT2D eigenvalue weighted by Crippen LogP contribution is 2.29. The van der Waals surface area contributed by atoms with E-state index in [1.807, 2.05) is 19.1 Å². The Morgan fingerprint density at radius 3 is 2.23 bits per heavy atom. The molecule has 0 radical (unpaired) electrons. The summed E-state index contributed by atoms with van der Waals surface area (Å²) in [6, 6.07) is 17.2. The minimum absolute atomic E-state index is 0.236. The molecule has 0 unspecified atom stereocenters. The van der Waals surface area contributed by atoms with E-state index in [2.05, 4.69) is 10.2 Å². The van der Waals surface area contributed by atoms with Crippen LogP contribution in [0.4, 0.5) is 17.1 Å². The van der Waals surface area contributed by atoms with Crippen molar-refractivity contribution in [1.29, 1.82) is 0 Å².